The van der Waals surface area contributed by atoms with Crippen LogP contribution in [0.2, 0.25) is 5.28 Å². The predicted octanol–water partition coefficient (Wildman–Crippen LogP) is 3.61. The smallest absolute Gasteiger partial charge is 0.223 e. The maximum absolute atomic E-state index is 12.7. The van der Waals surface area contributed by atoms with Gasteiger partial charge in [-0.2, -0.15) is 4.39 Å². The van der Waals surface area contributed by atoms with E-state index in [1.807, 2.05) is 12.1 Å². The van der Waals surface area contributed by atoms with Crippen molar-refractivity contribution in [2.45, 2.75) is 0 Å². The van der Waals surface area contributed by atoms with Crippen LogP contribution in [-0.4, -0.2) is 15.0 Å². The van der Waals surface area contributed by atoms with E-state index in [4.69, 9.17) is 16.3 Å². The van der Waals surface area contributed by atoms with Gasteiger partial charge in [-0.05, 0) is 29.8 Å². The van der Waals surface area contributed by atoms with E-state index in [1.54, 1.807) is 12.3 Å². The molecule has 2 aromatic heterocycles. The van der Waals surface area contributed by atoms with Crippen LogP contribution in [0.15, 0.2) is 42.7 Å². The van der Waals surface area contributed by atoms with Gasteiger partial charge in [0, 0.05) is 11.6 Å². The lowest BCUT2D eigenvalue weighted by Gasteiger charge is -2.07. The Morgan fingerprint density at radius 2 is 1.95 bits per heavy atom. The molecule has 0 N–H and O–H groups in total. The normalized spacial score (nSPS) is 10.6. The Labute approximate surface area is 112 Å². The highest BCUT2D eigenvalue weighted by atomic mass is 35.5. The largest absolute Gasteiger partial charge is 0.453 e. The lowest BCUT2D eigenvalue weighted by molar-refractivity contribution is 0.478. The number of hydrogen-bond donors (Lipinski definition) is 0. The van der Waals surface area contributed by atoms with Crippen LogP contribution in [-0.2, 0) is 0 Å². The summed E-state index contributed by atoms with van der Waals surface area (Å²) in [4.78, 5) is 11.6. The topological polar surface area (TPSA) is 47.9 Å². The third kappa shape index (κ3) is 2.46. The Morgan fingerprint density at radius 3 is 2.74 bits per heavy atom. The molecular formula is C13H7ClFN3O. The summed E-state index contributed by atoms with van der Waals surface area (Å²) >= 11 is 5.77. The van der Waals surface area contributed by atoms with E-state index in [9.17, 15) is 4.39 Å². The second kappa shape index (κ2) is 4.78. The molecule has 3 aromatic rings. The van der Waals surface area contributed by atoms with Crippen LogP contribution in [0.4, 0.5) is 4.39 Å². The average molecular weight is 276 g/mol. The summed E-state index contributed by atoms with van der Waals surface area (Å²) in [5, 5.41) is 0.942. The summed E-state index contributed by atoms with van der Waals surface area (Å²) in [5.74, 6) is 0.370. The standard InChI is InChI=1S/C13H7ClFN3O/c14-13-17-6-8-2-1-3-10(12(8)18-13)19-9-4-5-11(15)16-7-9/h1-7H. The third-order valence-corrected chi connectivity index (χ3v) is 2.65. The number of ether oxygens (including phenoxy) is 1. The van der Waals surface area contributed by atoms with Crippen molar-refractivity contribution in [1.29, 1.82) is 0 Å². The van der Waals surface area contributed by atoms with Gasteiger partial charge in [0.1, 0.15) is 11.3 Å². The molecule has 0 aliphatic rings. The fourth-order valence-electron chi connectivity index (χ4n) is 1.64. The van der Waals surface area contributed by atoms with Gasteiger partial charge >= 0.3 is 0 Å². The molecule has 0 saturated carbocycles. The first-order chi connectivity index (χ1) is 9.22. The monoisotopic (exact) mass is 275 g/mol. The Balaban J connectivity index is 2.05. The Hall–Kier alpha value is -2.27. The van der Waals surface area contributed by atoms with Crippen molar-refractivity contribution in [2.75, 3.05) is 0 Å². The van der Waals surface area contributed by atoms with Gasteiger partial charge in [-0.3, -0.25) is 0 Å². The summed E-state index contributed by atoms with van der Waals surface area (Å²) in [6.45, 7) is 0. The molecule has 0 fully saturated rings. The zero-order chi connectivity index (χ0) is 13.2. The Morgan fingerprint density at radius 1 is 1.05 bits per heavy atom. The van der Waals surface area contributed by atoms with E-state index in [1.165, 1.54) is 18.3 Å². The van der Waals surface area contributed by atoms with Crippen molar-refractivity contribution < 1.29 is 9.13 Å². The number of para-hydroxylation sites is 1. The number of benzene rings is 1. The van der Waals surface area contributed by atoms with Crippen LogP contribution in [0.3, 0.4) is 0 Å². The van der Waals surface area contributed by atoms with Gasteiger partial charge in [-0.25, -0.2) is 15.0 Å². The molecule has 3 rings (SSSR count). The van der Waals surface area contributed by atoms with E-state index in [0.717, 1.165) is 5.39 Å². The summed E-state index contributed by atoms with van der Waals surface area (Å²) in [7, 11) is 0. The van der Waals surface area contributed by atoms with Gasteiger partial charge in [0.2, 0.25) is 11.2 Å². The molecular weight excluding hydrogens is 269 g/mol. The van der Waals surface area contributed by atoms with Crippen molar-refractivity contribution in [3.8, 4) is 11.5 Å². The van der Waals surface area contributed by atoms with Crippen LogP contribution in [0.1, 0.15) is 0 Å². The van der Waals surface area contributed by atoms with Crippen molar-refractivity contribution in [3.63, 3.8) is 0 Å². The number of halogens is 2. The highest BCUT2D eigenvalue weighted by Gasteiger charge is 2.06. The third-order valence-electron chi connectivity index (χ3n) is 2.47. The molecule has 0 aliphatic heterocycles. The molecule has 0 amide bonds. The summed E-state index contributed by atoms with van der Waals surface area (Å²) in [6, 6.07) is 8.12. The molecule has 0 unspecified atom stereocenters. The van der Waals surface area contributed by atoms with Crippen molar-refractivity contribution in [2.24, 2.45) is 0 Å². The molecule has 4 nitrogen and oxygen atoms in total. The molecule has 0 saturated heterocycles. The van der Waals surface area contributed by atoms with E-state index in [0.29, 0.717) is 17.0 Å². The summed E-state index contributed by atoms with van der Waals surface area (Å²) < 4.78 is 18.4. The zero-order valence-electron chi connectivity index (χ0n) is 9.55. The fourth-order valence-corrected chi connectivity index (χ4v) is 1.77. The first-order valence-corrected chi connectivity index (χ1v) is 5.81. The molecule has 0 radical (unpaired) electrons. The molecule has 0 spiro atoms. The first kappa shape index (κ1) is 11.8. The number of hydrogen-bond acceptors (Lipinski definition) is 4. The second-order valence-electron chi connectivity index (χ2n) is 3.75. The minimum absolute atomic E-state index is 0.140. The molecule has 0 atom stereocenters. The molecule has 1 aromatic carbocycles. The molecule has 6 heteroatoms. The Bertz CT molecular complexity index is 734. The van der Waals surface area contributed by atoms with Gasteiger partial charge in [-0.15, -0.1) is 0 Å². The van der Waals surface area contributed by atoms with Crippen LogP contribution < -0.4 is 4.74 Å². The van der Waals surface area contributed by atoms with E-state index in [-0.39, 0.29) is 5.28 Å². The molecule has 2 heterocycles. The lowest BCUT2D eigenvalue weighted by Crippen LogP contribution is -1.91. The number of rotatable bonds is 2. The molecule has 94 valence electrons. The minimum Gasteiger partial charge on any atom is -0.453 e. The van der Waals surface area contributed by atoms with E-state index in [2.05, 4.69) is 15.0 Å². The van der Waals surface area contributed by atoms with Crippen molar-refractivity contribution in [1.82, 2.24) is 15.0 Å². The maximum atomic E-state index is 12.7. The zero-order valence-corrected chi connectivity index (χ0v) is 10.3. The lowest BCUT2D eigenvalue weighted by atomic mass is 10.2. The van der Waals surface area contributed by atoms with Crippen molar-refractivity contribution in [3.05, 3.63) is 54.0 Å². The van der Waals surface area contributed by atoms with E-state index < -0.39 is 5.95 Å². The number of nitrogens with zero attached hydrogens (tertiary/aromatic N) is 3. The van der Waals surface area contributed by atoms with Crippen LogP contribution in [0.25, 0.3) is 10.9 Å². The van der Waals surface area contributed by atoms with Crippen molar-refractivity contribution >= 4 is 22.5 Å². The first-order valence-electron chi connectivity index (χ1n) is 5.43. The highest BCUT2D eigenvalue weighted by molar-refractivity contribution is 6.28. The van der Waals surface area contributed by atoms with Gasteiger partial charge < -0.3 is 4.74 Å². The fraction of sp³-hybridized carbons (Fsp3) is 0. The van der Waals surface area contributed by atoms with Crippen LogP contribution >= 0.6 is 11.6 Å². The quantitative estimate of drug-likeness (QED) is 0.529. The highest BCUT2D eigenvalue weighted by Crippen LogP contribution is 2.28. The molecule has 19 heavy (non-hydrogen) atoms. The summed E-state index contributed by atoms with van der Waals surface area (Å²) in [6.07, 6.45) is 2.91. The number of aromatic nitrogens is 3. The van der Waals surface area contributed by atoms with Gasteiger partial charge in [-0.1, -0.05) is 12.1 Å². The Kier molecular flexibility index (Phi) is 2.97. The average Bonchev–Trinajstić information content (AvgIpc) is 2.42. The minimum atomic E-state index is -0.560. The molecule has 0 aliphatic carbocycles. The van der Waals surface area contributed by atoms with Gasteiger partial charge in [0.25, 0.3) is 0 Å². The van der Waals surface area contributed by atoms with Crippen LogP contribution in [0.5, 0.6) is 11.5 Å². The van der Waals surface area contributed by atoms with Gasteiger partial charge in [0.15, 0.2) is 5.75 Å². The molecule has 0 bridgehead atoms. The maximum Gasteiger partial charge on any atom is 0.223 e. The summed E-state index contributed by atoms with van der Waals surface area (Å²) in [5.41, 5.74) is 0.590. The second-order valence-corrected chi connectivity index (χ2v) is 4.09. The van der Waals surface area contributed by atoms with Gasteiger partial charge in [0.05, 0.1) is 6.20 Å². The SMILES string of the molecule is Fc1ccc(Oc2cccc3cnc(Cl)nc23)cn1. The van der Waals surface area contributed by atoms with Crippen LogP contribution in [0, 0.1) is 5.95 Å². The number of pyridine rings is 1. The predicted molar refractivity (Wildman–Crippen MR) is 68.8 cm³/mol. The number of fused-ring (bicyclic) bond motifs is 1. The van der Waals surface area contributed by atoms with E-state index >= 15 is 0 Å².